The number of hydrogen-bond acceptors (Lipinski definition) is 4. The number of halogens is 1. The Kier molecular flexibility index (Phi) is 8.71. The van der Waals surface area contributed by atoms with E-state index in [9.17, 15) is 0 Å². The molecule has 108 valence electrons. The van der Waals surface area contributed by atoms with Gasteiger partial charge in [-0.3, -0.25) is 9.48 Å². The fourth-order valence-corrected chi connectivity index (χ4v) is 4.21. The van der Waals surface area contributed by atoms with Gasteiger partial charge in [-0.1, -0.05) is 0 Å². The van der Waals surface area contributed by atoms with Gasteiger partial charge in [-0.25, -0.2) is 5.32 Å². The summed E-state index contributed by atoms with van der Waals surface area (Å²) in [7, 11) is 14.3. The molecule has 0 aromatic carbocycles. The van der Waals surface area contributed by atoms with Crippen LogP contribution in [0.4, 0.5) is 0 Å². The van der Waals surface area contributed by atoms with Crippen molar-refractivity contribution in [2.24, 2.45) is 0 Å². The first-order valence-corrected chi connectivity index (χ1v) is 8.14. The van der Waals surface area contributed by atoms with Crippen LogP contribution < -0.4 is 17.7 Å². The average molecular weight is 313 g/mol. The third-order valence-electron chi connectivity index (χ3n) is 2.91. The molecule has 1 N–H and O–H groups in total. The molecule has 7 heteroatoms. The summed E-state index contributed by atoms with van der Waals surface area (Å²) in [6, 6.07) is 0.564. The first-order valence-electron chi connectivity index (χ1n) is 5.92. The lowest BCUT2D eigenvalue weighted by Crippen LogP contribution is -3.00. The van der Waals surface area contributed by atoms with Crippen LogP contribution in [0.2, 0.25) is 0 Å². The molecular formula is C11H25ClN4S2. The second-order valence-electron chi connectivity index (χ2n) is 5.00. The molecule has 1 fully saturated rings. The van der Waals surface area contributed by atoms with E-state index in [0.717, 1.165) is 6.54 Å². The molecule has 0 spiro atoms. The topological polar surface area (TPSA) is 21.5 Å². The predicted octanol–water partition coefficient (Wildman–Crippen LogP) is -1.84. The molecule has 4 nitrogen and oxygen atoms in total. The first kappa shape index (κ1) is 18.4. The van der Waals surface area contributed by atoms with Crippen LogP contribution in [0.1, 0.15) is 13.3 Å². The van der Waals surface area contributed by atoms with Crippen molar-refractivity contribution in [3.63, 3.8) is 0 Å². The minimum atomic E-state index is 0. The number of rotatable bonds is 5. The van der Waals surface area contributed by atoms with Crippen LogP contribution >= 0.6 is 21.6 Å². The van der Waals surface area contributed by atoms with E-state index in [0.29, 0.717) is 11.5 Å². The molecule has 0 aliphatic carbocycles. The lowest BCUT2D eigenvalue weighted by Gasteiger charge is -2.16. The van der Waals surface area contributed by atoms with Crippen LogP contribution in [0.3, 0.4) is 0 Å². The van der Waals surface area contributed by atoms with E-state index in [-0.39, 0.29) is 12.4 Å². The molecule has 1 aliphatic heterocycles. The largest absolute Gasteiger partial charge is 1.00 e. The molecule has 1 heterocycles. The summed E-state index contributed by atoms with van der Waals surface area (Å²) in [5.41, 5.74) is 0.387. The van der Waals surface area contributed by atoms with Crippen molar-refractivity contribution < 1.29 is 17.0 Å². The maximum atomic E-state index is 3.54. The van der Waals surface area contributed by atoms with E-state index in [2.05, 4.69) is 61.9 Å². The molecule has 0 bridgehead atoms. The molecule has 0 aromatic rings. The normalized spacial score (nSPS) is 23.9. The van der Waals surface area contributed by atoms with Crippen molar-refractivity contribution >= 4 is 26.8 Å². The van der Waals surface area contributed by atoms with Gasteiger partial charge in [-0.05, 0) is 45.9 Å². The summed E-state index contributed by atoms with van der Waals surface area (Å²) in [5.74, 6) is 0. The van der Waals surface area contributed by atoms with E-state index < -0.39 is 0 Å². The number of amidine groups is 1. The summed E-state index contributed by atoms with van der Waals surface area (Å²) in [6.45, 7) is 3.42. The highest BCUT2D eigenvalue weighted by molar-refractivity contribution is 8.83. The van der Waals surface area contributed by atoms with Crippen molar-refractivity contribution in [3.05, 3.63) is 0 Å². The van der Waals surface area contributed by atoms with Crippen LogP contribution in [0, 0.1) is 0 Å². The lowest BCUT2D eigenvalue weighted by molar-refractivity contribution is -0.534. The van der Waals surface area contributed by atoms with Crippen molar-refractivity contribution in [3.8, 4) is 0 Å². The van der Waals surface area contributed by atoms with Crippen LogP contribution in [-0.4, -0.2) is 72.9 Å². The van der Waals surface area contributed by atoms with Gasteiger partial charge >= 0.3 is 5.17 Å². The van der Waals surface area contributed by atoms with E-state index in [1.54, 1.807) is 0 Å². The van der Waals surface area contributed by atoms with Crippen molar-refractivity contribution in [2.45, 2.75) is 24.9 Å². The molecule has 2 atom stereocenters. The monoisotopic (exact) mass is 312 g/mol. The molecule has 0 radical (unpaired) electrons. The Hall–Kier alpha value is 0.380. The van der Waals surface area contributed by atoms with Gasteiger partial charge in [-0.2, -0.15) is 0 Å². The Balaban J connectivity index is 0.00000289. The highest BCUT2D eigenvalue weighted by atomic mass is 35.5. The highest BCUT2D eigenvalue weighted by Gasteiger charge is 2.32. The molecule has 0 saturated carbocycles. The summed E-state index contributed by atoms with van der Waals surface area (Å²) < 4.78 is 2.35. The quantitative estimate of drug-likeness (QED) is 0.474. The van der Waals surface area contributed by atoms with Crippen LogP contribution in [0.15, 0.2) is 0 Å². The van der Waals surface area contributed by atoms with E-state index in [4.69, 9.17) is 0 Å². The Morgan fingerprint density at radius 2 is 1.94 bits per heavy atom. The predicted molar refractivity (Wildman–Crippen MR) is 79.6 cm³/mol. The van der Waals surface area contributed by atoms with Gasteiger partial charge in [0.1, 0.15) is 0 Å². The standard InChI is InChI=1S/C11H24N4S2.ClH/c1-9(7-8-13(2)3)15(6)11-12-10(14(4)5)16-17-11;/h9-10H,7-8H2,1-6H3;1H. The minimum absolute atomic E-state index is 0. The minimum Gasteiger partial charge on any atom is -1.00 e. The number of nitrogens with one attached hydrogen (secondary N) is 1. The smallest absolute Gasteiger partial charge is 0.319 e. The average Bonchev–Trinajstić information content (AvgIpc) is 2.73. The zero-order valence-corrected chi connectivity index (χ0v) is 14.5. The summed E-state index contributed by atoms with van der Waals surface area (Å²) in [4.78, 5) is 4.44. The molecule has 18 heavy (non-hydrogen) atoms. The number of hydrogen-bond donors (Lipinski definition) is 1. The lowest BCUT2D eigenvalue weighted by atomic mass is 10.2. The van der Waals surface area contributed by atoms with E-state index in [1.165, 1.54) is 11.6 Å². The van der Waals surface area contributed by atoms with Gasteiger partial charge in [0.05, 0.1) is 13.1 Å². The summed E-state index contributed by atoms with van der Waals surface area (Å²) >= 11 is 0. The molecular weight excluding hydrogens is 288 g/mol. The maximum Gasteiger partial charge on any atom is 0.319 e. The van der Waals surface area contributed by atoms with Crippen LogP contribution in [0.25, 0.3) is 0 Å². The van der Waals surface area contributed by atoms with E-state index >= 15 is 0 Å². The molecule has 0 amide bonds. The fourth-order valence-electron chi connectivity index (χ4n) is 1.46. The molecule has 1 saturated heterocycles. The first-order chi connectivity index (χ1) is 7.91. The third-order valence-corrected chi connectivity index (χ3v) is 5.60. The number of nitrogens with zero attached hydrogens (tertiary/aromatic N) is 3. The Morgan fingerprint density at radius 3 is 2.39 bits per heavy atom. The van der Waals surface area contributed by atoms with Gasteiger partial charge in [0.15, 0.2) is 0 Å². The second-order valence-corrected chi connectivity index (χ2v) is 7.27. The highest BCUT2D eigenvalue weighted by Crippen LogP contribution is 2.33. The second kappa shape index (κ2) is 8.53. The summed E-state index contributed by atoms with van der Waals surface area (Å²) in [6.07, 6.45) is 1.19. The Morgan fingerprint density at radius 1 is 1.33 bits per heavy atom. The van der Waals surface area contributed by atoms with E-state index in [1.807, 2.05) is 21.6 Å². The molecule has 0 aromatic heterocycles. The Labute approximate surface area is 125 Å². The fraction of sp³-hybridized carbons (Fsp3) is 0.909. The van der Waals surface area contributed by atoms with Gasteiger partial charge in [0.25, 0.3) is 0 Å². The van der Waals surface area contributed by atoms with Crippen molar-refractivity contribution in [1.82, 2.24) is 15.1 Å². The zero-order chi connectivity index (χ0) is 13.0. The van der Waals surface area contributed by atoms with Crippen molar-refractivity contribution in [2.75, 3.05) is 41.8 Å². The van der Waals surface area contributed by atoms with Crippen LogP contribution in [-0.2, 0) is 0 Å². The molecule has 1 aliphatic rings. The molecule has 2 unspecified atom stereocenters. The molecule has 1 rings (SSSR count). The zero-order valence-electron chi connectivity index (χ0n) is 12.1. The summed E-state index contributed by atoms with van der Waals surface area (Å²) in [5, 5.41) is 4.82. The van der Waals surface area contributed by atoms with Crippen LogP contribution in [0.5, 0.6) is 0 Å². The maximum absolute atomic E-state index is 3.54. The Bertz CT molecular complexity index is 284. The van der Waals surface area contributed by atoms with Crippen molar-refractivity contribution in [1.29, 1.82) is 0 Å². The van der Waals surface area contributed by atoms with Gasteiger partial charge < -0.3 is 17.3 Å². The van der Waals surface area contributed by atoms with Gasteiger partial charge in [-0.15, -0.1) is 0 Å². The third kappa shape index (κ3) is 5.57. The van der Waals surface area contributed by atoms with Gasteiger partial charge in [0, 0.05) is 23.8 Å². The van der Waals surface area contributed by atoms with Gasteiger partial charge in [0.2, 0.25) is 5.50 Å². The SMILES string of the molecule is CC(CCN(C)C)[N+](C)=C1NC(N(C)C)SS1.[Cl-].